The van der Waals surface area contributed by atoms with E-state index in [2.05, 4.69) is 54.1 Å². The number of amides is 1. The molecule has 1 aliphatic carbocycles. The normalized spacial score (nSPS) is 14.5. The van der Waals surface area contributed by atoms with Gasteiger partial charge in [-0.3, -0.25) is 4.79 Å². The van der Waals surface area contributed by atoms with Crippen LogP contribution in [0.2, 0.25) is 0 Å². The number of unbranched alkanes of at least 4 members (excludes halogenated alkanes) is 1. The second kappa shape index (κ2) is 11.4. The van der Waals surface area contributed by atoms with Gasteiger partial charge in [0.2, 0.25) is 5.91 Å². The smallest absolute Gasteiger partial charge is 0.223 e. The Bertz CT molecular complexity index is 1070. The van der Waals surface area contributed by atoms with Crippen LogP contribution in [0.5, 0.6) is 5.75 Å². The van der Waals surface area contributed by atoms with Crippen molar-refractivity contribution in [2.75, 3.05) is 13.2 Å². The minimum atomic E-state index is 0.203. The summed E-state index contributed by atoms with van der Waals surface area (Å²) in [5.41, 5.74) is 4.67. The van der Waals surface area contributed by atoms with E-state index in [4.69, 9.17) is 9.72 Å². The first-order valence-electron chi connectivity index (χ1n) is 12.5. The van der Waals surface area contributed by atoms with Gasteiger partial charge in [0, 0.05) is 25.4 Å². The lowest BCUT2D eigenvalue weighted by Crippen LogP contribution is -2.33. The molecule has 0 saturated heterocycles. The van der Waals surface area contributed by atoms with Crippen LogP contribution in [0.1, 0.15) is 61.9 Å². The SMILES string of the molecule is Cc1cccc(OCCCCn2c(CCNC(=O)C3CCCCC3)nc3ccccc32)c1C. The number of carbonyl (C=O) groups excluding carboxylic acids is 1. The average molecular weight is 448 g/mol. The molecule has 1 amide bonds. The molecule has 4 rings (SSSR count). The van der Waals surface area contributed by atoms with Crippen molar-refractivity contribution in [3.8, 4) is 5.75 Å². The fourth-order valence-electron chi connectivity index (χ4n) is 4.81. The van der Waals surface area contributed by atoms with Crippen molar-refractivity contribution in [3.05, 3.63) is 59.4 Å². The Labute approximate surface area is 197 Å². The molecule has 1 aromatic heterocycles. The fraction of sp³-hybridized carbons (Fsp3) is 0.500. The number of hydrogen-bond donors (Lipinski definition) is 1. The molecule has 0 unspecified atom stereocenters. The number of fused-ring (bicyclic) bond motifs is 1. The first-order valence-corrected chi connectivity index (χ1v) is 12.5. The van der Waals surface area contributed by atoms with Crippen LogP contribution in [0.15, 0.2) is 42.5 Å². The van der Waals surface area contributed by atoms with Crippen LogP contribution in [0.4, 0.5) is 0 Å². The van der Waals surface area contributed by atoms with Gasteiger partial charge >= 0.3 is 0 Å². The van der Waals surface area contributed by atoms with Gasteiger partial charge in [-0.2, -0.15) is 0 Å². The number of nitrogens with one attached hydrogen (secondary N) is 1. The van der Waals surface area contributed by atoms with E-state index in [-0.39, 0.29) is 11.8 Å². The predicted molar refractivity (Wildman–Crippen MR) is 134 cm³/mol. The van der Waals surface area contributed by atoms with E-state index in [1.54, 1.807) is 0 Å². The highest BCUT2D eigenvalue weighted by molar-refractivity contribution is 5.78. The van der Waals surface area contributed by atoms with Gasteiger partial charge in [-0.15, -0.1) is 0 Å². The van der Waals surface area contributed by atoms with Gasteiger partial charge in [-0.25, -0.2) is 4.98 Å². The number of aryl methyl sites for hydroxylation is 2. The van der Waals surface area contributed by atoms with Crippen molar-refractivity contribution in [2.24, 2.45) is 5.92 Å². The summed E-state index contributed by atoms with van der Waals surface area (Å²) >= 11 is 0. The number of rotatable bonds is 10. The maximum Gasteiger partial charge on any atom is 0.223 e. The van der Waals surface area contributed by atoms with Gasteiger partial charge in [0.15, 0.2) is 0 Å². The largest absolute Gasteiger partial charge is 0.493 e. The molecule has 2 aromatic carbocycles. The van der Waals surface area contributed by atoms with Crippen LogP contribution < -0.4 is 10.1 Å². The molecule has 0 spiro atoms. The van der Waals surface area contributed by atoms with Crippen molar-refractivity contribution >= 4 is 16.9 Å². The second-order valence-corrected chi connectivity index (χ2v) is 9.30. The van der Waals surface area contributed by atoms with E-state index < -0.39 is 0 Å². The molecule has 3 aromatic rings. The first kappa shape index (κ1) is 23.3. The molecule has 1 aliphatic rings. The standard InChI is InChI=1S/C28H37N3O2/c1-21-11-10-16-26(22(21)2)33-20-9-8-19-31-25-15-7-6-14-24(25)30-27(31)17-18-29-28(32)23-12-4-3-5-13-23/h6-7,10-11,14-16,23H,3-5,8-9,12-13,17-20H2,1-2H3,(H,29,32). The lowest BCUT2D eigenvalue weighted by Gasteiger charge is -2.20. The van der Waals surface area contributed by atoms with Gasteiger partial charge in [-0.05, 0) is 68.9 Å². The number of nitrogens with zero attached hydrogens (tertiary/aromatic N) is 2. The third-order valence-corrected chi connectivity index (χ3v) is 6.95. The van der Waals surface area contributed by atoms with Gasteiger partial charge < -0.3 is 14.6 Å². The second-order valence-electron chi connectivity index (χ2n) is 9.30. The minimum Gasteiger partial charge on any atom is -0.493 e. The zero-order chi connectivity index (χ0) is 23.0. The molecule has 0 aliphatic heterocycles. The van der Waals surface area contributed by atoms with Crippen molar-refractivity contribution < 1.29 is 9.53 Å². The Morgan fingerprint density at radius 2 is 1.88 bits per heavy atom. The first-order chi connectivity index (χ1) is 16.1. The summed E-state index contributed by atoms with van der Waals surface area (Å²) in [6, 6.07) is 14.5. The molecule has 1 heterocycles. The summed E-state index contributed by atoms with van der Waals surface area (Å²) in [7, 11) is 0. The maximum absolute atomic E-state index is 12.5. The van der Waals surface area contributed by atoms with Crippen molar-refractivity contribution in [1.29, 1.82) is 0 Å². The van der Waals surface area contributed by atoms with Gasteiger partial charge in [0.1, 0.15) is 11.6 Å². The number of para-hydroxylation sites is 2. The molecule has 0 radical (unpaired) electrons. The highest BCUT2D eigenvalue weighted by Crippen LogP contribution is 2.24. The molecule has 176 valence electrons. The summed E-state index contributed by atoms with van der Waals surface area (Å²) in [5, 5.41) is 3.16. The fourth-order valence-corrected chi connectivity index (χ4v) is 4.81. The summed E-state index contributed by atoms with van der Waals surface area (Å²) < 4.78 is 8.35. The average Bonchev–Trinajstić information content (AvgIpc) is 3.19. The topological polar surface area (TPSA) is 56.1 Å². The van der Waals surface area contributed by atoms with E-state index in [9.17, 15) is 4.79 Å². The molecule has 1 fully saturated rings. The Morgan fingerprint density at radius 1 is 1.06 bits per heavy atom. The van der Waals surface area contributed by atoms with E-state index in [1.807, 2.05) is 12.1 Å². The predicted octanol–water partition coefficient (Wildman–Crippen LogP) is 5.75. The highest BCUT2D eigenvalue weighted by atomic mass is 16.5. The molecule has 5 heteroatoms. The number of carbonyl (C=O) groups is 1. The van der Waals surface area contributed by atoms with Crippen LogP contribution in [0.3, 0.4) is 0 Å². The Hall–Kier alpha value is -2.82. The molecule has 1 N–H and O–H groups in total. The number of aromatic nitrogens is 2. The summed E-state index contributed by atoms with van der Waals surface area (Å²) in [6.45, 7) is 6.49. The molecule has 0 bridgehead atoms. The number of hydrogen-bond acceptors (Lipinski definition) is 3. The Morgan fingerprint density at radius 3 is 2.73 bits per heavy atom. The third-order valence-electron chi connectivity index (χ3n) is 6.95. The highest BCUT2D eigenvalue weighted by Gasteiger charge is 2.20. The van der Waals surface area contributed by atoms with Gasteiger partial charge in [0.05, 0.1) is 17.6 Å². The van der Waals surface area contributed by atoms with Crippen LogP contribution in [-0.4, -0.2) is 28.6 Å². The number of imidazole rings is 1. The summed E-state index contributed by atoms with van der Waals surface area (Å²) in [5.74, 6) is 2.46. The molecule has 0 atom stereocenters. The van der Waals surface area contributed by atoms with E-state index in [1.165, 1.54) is 35.9 Å². The molecule has 5 nitrogen and oxygen atoms in total. The molecular formula is C28H37N3O2. The van der Waals surface area contributed by atoms with Crippen LogP contribution in [0, 0.1) is 19.8 Å². The van der Waals surface area contributed by atoms with Gasteiger partial charge in [0.25, 0.3) is 0 Å². The summed E-state index contributed by atoms with van der Waals surface area (Å²) in [4.78, 5) is 17.4. The van der Waals surface area contributed by atoms with Crippen LogP contribution >= 0.6 is 0 Å². The van der Waals surface area contributed by atoms with Crippen molar-refractivity contribution in [1.82, 2.24) is 14.9 Å². The molecule has 33 heavy (non-hydrogen) atoms. The molecule has 1 saturated carbocycles. The third kappa shape index (κ3) is 5.95. The zero-order valence-corrected chi connectivity index (χ0v) is 20.1. The van der Waals surface area contributed by atoms with Crippen molar-refractivity contribution in [3.63, 3.8) is 0 Å². The Kier molecular flexibility index (Phi) is 8.03. The van der Waals surface area contributed by atoms with Gasteiger partial charge in [-0.1, -0.05) is 43.5 Å². The maximum atomic E-state index is 12.5. The van der Waals surface area contributed by atoms with Crippen LogP contribution in [0.25, 0.3) is 11.0 Å². The monoisotopic (exact) mass is 447 g/mol. The number of benzene rings is 2. The Balaban J connectivity index is 1.31. The van der Waals surface area contributed by atoms with Crippen molar-refractivity contribution in [2.45, 2.75) is 71.8 Å². The van der Waals surface area contributed by atoms with E-state index in [0.29, 0.717) is 13.2 Å². The van der Waals surface area contributed by atoms with E-state index >= 15 is 0 Å². The summed E-state index contributed by atoms with van der Waals surface area (Å²) in [6.07, 6.45) is 8.46. The van der Waals surface area contributed by atoms with Crippen LogP contribution in [-0.2, 0) is 17.8 Å². The molecular weight excluding hydrogens is 410 g/mol. The lowest BCUT2D eigenvalue weighted by molar-refractivity contribution is -0.125. The zero-order valence-electron chi connectivity index (χ0n) is 20.1. The lowest BCUT2D eigenvalue weighted by atomic mass is 9.89. The number of ether oxygens (including phenoxy) is 1. The quantitative estimate of drug-likeness (QED) is 0.403. The minimum absolute atomic E-state index is 0.203. The van der Waals surface area contributed by atoms with E-state index in [0.717, 1.165) is 55.7 Å².